The minimum atomic E-state index is -0.573. The van der Waals surface area contributed by atoms with Crippen molar-refractivity contribution >= 4 is 11.7 Å². The van der Waals surface area contributed by atoms with E-state index in [0.717, 1.165) is 11.8 Å². The highest BCUT2D eigenvalue weighted by atomic mass is 16.6. The number of nitrogens with zero attached hydrogens (tertiary/aromatic N) is 3. The van der Waals surface area contributed by atoms with Gasteiger partial charge in [-0.25, -0.2) is 9.55 Å². The molecule has 0 bridgehead atoms. The lowest BCUT2D eigenvalue weighted by Gasteiger charge is -2.04. The molecular formula is C14H16N4O3. The third kappa shape index (κ3) is 3.44. The molecule has 7 nitrogen and oxygen atoms in total. The van der Waals surface area contributed by atoms with Gasteiger partial charge in [0.15, 0.2) is 0 Å². The molecule has 0 unspecified atom stereocenters. The van der Waals surface area contributed by atoms with Gasteiger partial charge in [-0.15, -0.1) is 0 Å². The van der Waals surface area contributed by atoms with Crippen LogP contribution in [0, 0.1) is 17.0 Å². The zero-order valence-corrected chi connectivity index (χ0v) is 11.9. The molecule has 0 radical (unpaired) electrons. The second-order valence-electron chi connectivity index (χ2n) is 4.75. The van der Waals surface area contributed by atoms with Crippen LogP contribution >= 0.6 is 0 Å². The zero-order valence-electron chi connectivity index (χ0n) is 11.9. The highest BCUT2D eigenvalue weighted by Gasteiger charge is 2.22. The maximum absolute atomic E-state index is 11.9. The fourth-order valence-corrected chi connectivity index (χ4v) is 1.94. The van der Waals surface area contributed by atoms with E-state index in [2.05, 4.69) is 10.3 Å². The van der Waals surface area contributed by atoms with Gasteiger partial charge in [0.1, 0.15) is 6.20 Å². The van der Waals surface area contributed by atoms with Gasteiger partial charge < -0.3 is 15.4 Å². The van der Waals surface area contributed by atoms with Gasteiger partial charge in [-0.3, -0.25) is 4.79 Å². The van der Waals surface area contributed by atoms with Crippen LogP contribution in [0.1, 0.15) is 21.7 Å². The molecule has 0 aliphatic rings. The summed E-state index contributed by atoms with van der Waals surface area (Å²) in [5.74, 6) is -0.595. The first-order valence-corrected chi connectivity index (χ1v) is 6.49. The van der Waals surface area contributed by atoms with Crippen LogP contribution in [-0.4, -0.2) is 26.9 Å². The van der Waals surface area contributed by atoms with Crippen molar-refractivity contribution in [3.63, 3.8) is 0 Å². The molecule has 1 heterocycles. The van der Waals surface area contributed by atoms with E-state index in [1.54, 1.807) is 0 Å². The average molecular weight is 288 g/mol. The van der Waals surface area contributed by atoms with E-state index in [4.69, 9.17) is 0 Å². The van der Waals surface area contributed by atoms with E-state index in [-0.39, 0.29) is 11.6 Å². The van der Waals surface area contributed by atoms with E-state index in [1.807, 2.05) is 31.2 Å². The molecule has 0 spiro atoms. The van der Waals surface area contributed by atoms with Crippen LogP contribution in [0.2, 0.25) is 0 Å². The van der Waals surface area contributed by atoms with Crippen molar-refractivity contribution in [3.05, 3.63) is 57.5 Å². The van der Waals surface area contributed by atoms with Crippen molar-refractivity contribution in [2.75, 3.05) is 6.54 Å². The number of amides is 1. The Balaban J connectivity index is 1.93. The predicted molar refractivity (Wildman–Crippen MR) is 77.1 cm³/mol. The van der Waals surface area contributed by atoms with Crippen molar-refractivity contribution in [3.8, 4) is 0 Å². The van der Waals surface area contributed by atoms with Crippen LogP contribution in [0.3, 0.4) is 0 Å². The number of hydrogen-bond acceptors (Lipinski definition) is 4. The molecule has 1 aromatic carbocycles. The molecule has 1 aromatic heterocycles. The molecule has 0 aliphatic carbocycles. The van der Waals surface area contributed by atoms with Crippen LogP contribution in [0.25, 0.3) is 0 Å². The second-order valence-corrected chi connectivity index (χ2v) is 4.75. The van der Waals surface area contributed by atoms with Crippen LogP contribution in [-0.2, 0) is 13.5 Å². The summed E-state index contributed by atoms with van der Waals surface area (Å²) in [7, 11) is 1.44. The molecule has 0 aliphatic heterocycles. The van der Waals surface area contributed by atoms with Crippen molar-refractivity contribution < 1.29 is 9.72 Å². The summed E-state index contributed by atoms with van der Waals surface area (Å²) in [5.41, 5.74) is 2.30. The molecule has 0 fully saturated rings. The Morgan fingerprint density at radius 1 is 1.38 bits per heavy atom. The van der Waals surface area contributed by atoms with Gasteiger partial charge in [-0.2, -0.15) is 0 Å². The Labute approximate surface area is 121 Å². The minimum absolute atomic E-state index is 0.0330. The number of benzene rings is 1. The fourth-order valence-electron chi connectivity index (χ4n) is 1.94. The number of aryl methyl sites for hydroxylation is 1. The first-order chi connectivity index (χ1) is 9.99. The molecule has 110 valence electrons. The van der Waals surface area contributed by atoms with Gasteiger partial charge in [0, 0.05) is 6.54 Å². The lowest BCUT2D eigenvalue weighted by atomic mass is 10.1. The van der Waals surface area contributed by atoms with Crippen molar-refractivity contribution in [1.29, 1.82) is 0 Å². The lowest BCUT2D eigenvalue weighted by molar-refractivity contribution is -0.391. The third-order valence-electron chi connectivity index (χ3n) is 3.17. The molecular weight excluding hydrogens is 272 g/mol. The molecule has 0 atom stereocenters. The zero-order chi connectivity index (χ0) is 15.4. The van der Waals surface area contributed by atoms with E-state index >= 15 is 0 Å². The maximum atomic E-state index is 11.9. The Kier molecular flexibility index (Phi) is 4.32. The Morgan fingerprint density at radius 3 is 2.62 bits per heavy atom. The van der Waals surface area contributed by atoms with Crippen molar-refractivity contribution in [2.24, 2.45) is 7.05 Å². The number of nitro groups is 1. The van der Waals surface area contributed by atoms with Crippen molar-refractivity contribution in [2.45, 2.75) is 13.3 Å². The number of nitrogens with one attached hydrogen (secondary N) is 1. The number of carbonyl (C=O) groups excluding carboxylic acids is 1. The van der Waals surface area contributed by atoms with Gasteiger partial charge in [-0.05, 0) is 23.8 Å². The number of imidazole rings is 1. The predicted octanol–water partition coefficient (Wildman–Crippen LogP) is 1.61. The normalized spacial score (nSPS) is 10.4. The van der Waals surface area contributed by atoms with Crippen LogP contribution < -0.4 is 5.32 Å². The number of rotatable bonds is 5. The number of hydrogen-bond donors (Lipinski definition) is 1. The van der Waals surface area contributed by atoms with Crippen LogP contribution in [0.4, 0.5) is 5.82 Å². The Bertz CT molecular complexity index is 661. The van der Waals surface area contributed by atoms with Gasteiger partial charge in [0.25, 0.3) is 5.82 Å². The molecule has 2 aromatic rings. The largest absolute Gasteiger partial charge is 0.358 e. The Morgan fingerprint density at radius 2 is 2.05 bits per heavy atom. The van der Waals surface area contributed by atoms with Crippen molar-refractivity contribution in [1.82, 2.24) is 14.9 Å². The summed E-state index contributed by atoms with van der Waals surface area (Å²) in [5, 5.41) is 13.4. The van der Waals surface area contributed by atoms with Gasteiger partial charge >= 0.3 is 11.7 Å². The summed E-state index contributed by atoms with van der Waals surface area (Å²) in [6, 6.07) is 8.04. The fraction of sp³-hybridized carbons (Fsp3) is 0.286. The number of carbonyl (C=O) groups is 1. The summed E-state index contributed by atoms with van der Waals surface area (Å²) in [4.78, 5) is 25.8. The Hall–Kier alpha value is -2.70. The van der Waals surface area contributed by atoms with E-state index < -0.39 is 10.8 Å². The molecule has 7 heteroatoms. The van der Waals surface area contributed by atoms with Crippen LogP contribution in [0.5, 0.6) is 0 Å². The SMILES string of the molecule is Cc1ccc(CCNC(=O)c2ncc([N+](=O)[O-])n2C)cc1. The highest BCUT2D eigenvalue weighted by molar-refractivity contribution is 5.91. The molecule has 0 saturated heterocycles. The molecule has 2 rings (SSSR count). The smallest absolute Gasteiger partial charge is 0.343 e. The van der Waals surface area contributed by atoms with E-state index in [0.29, 0.717) is 13.0 Å². The minimum Gasteiger partial charge on any atom is -0.358 e. The summed E-state index contributed by atoms with van der Waals surface area (Å²) in [6.45, 7) is 2.46. The standard InChI is InChI=1S/C14H16N4O3/c1-10-3-5-11(6-4-10)7-8-15-14(19)13-16-9-12(17(13)2)18(20)21/h3-6,9H,7-8H2,1-2H3,(H,15,19). The van der Waals surface area contributed by atoms with Crippen LogP contribution in [0.15, 0.2) is 30.5 Å². The second kappa shape index (κ2) is 6.17. The molecule has 21 heavy (non-hydrogen) atoms. The van der Waals surface area contributed by atoms with E-state index in [1.165, 1.54) is 17.2 Å². The summed E-state index contributed by atoms with van der Waals surface area (Å²) >= 11 is 0. The summed E-state index contributed by atoms with van der Waals surface area (Å²) in [6.07, 6.45) is 1.77. The maximum Gasteiger partial charge on any atom is 0.343 e. The first kappa shape index (κ1) is 14.7. The highest BCUT2D eigenvalue weighted by Crippen LogP contribution is 2.11. The first-order valence-electron chi connectivity index (χ1n) is 6.49. The quantitative estimate of drug-likeness (QED) is 0.668. The van der Waals surface area contributed by atoms with Gasteiger partial charge in [0.2, 0.25) is 0 Å². The number of aromatic nitrogens is 2. The monoisotopic (exact) mass is 288 g/mol. The third-order valence-corrected chi connectivity index (χ3v) is 3.17. The molecule has 1 amide bonds. The topological polar surface area (TPSA) is 90.1 Å². The summed E-state index contributed by atoms with van der Waals surface area (Å²) < 4.78 is 1.17. The molecule has 1 N–H and O–H groups in total. The molecule has 0 saturated carbocycles. The van der Waals surface area contributed by atoms with Gasteiger partial charge in [0.05, 0.1) is 7.05 Å². The van der Waals surface area contributed by atoms with E-state index in [9.17, 15) is 14.9 Å². The lowest BCUT2D eigenvalue weighted by Crippen LogP contribution is -2.28. The average Bonchev–Trinajstić information content (AvgIpc) is 2.83. The van der Waals surface area contributed by atoms with Gasteiger partial charge in [-0.1, -0.05) is 29.8 Å².